The molecule has 0 aromatic rings. The Bertz CT molecular complexity index is 377. The number of hydrogen-bond donors (Lipinski definition) is 1. The monoisotopic (exact) mass is 260 g/mol. The van der Waals surface area contributed by atoms with Gasteiger partial charge in [0.25, 0.3) is 0 Å². The Labute approximate surface area is 117 Å². The first-order chi connectivity index (χ1) is 9.24. The molecule has 2 nitrogen and oxygen atoms in total. The van der Waals surface area contributed by atoms with Gasteiger partial charge in [0.05, 0.1) is 0 Å². The van der Waals surface area contributed by atoms with Gasteiger partial charge in [0.15, 0.2) is 0 Å². The van der Waals surface area contributed by atoms with Crippen LogP contribution in [0.15, 0.2) is 16.1 Å². The van der Waals surface area contributed by atoms with Gasteiger partial charge in [-0.25, -0.2) is 0 Å². The quantitative estimate of drug-likeness (QED) is 0.714. The van der Waals surface area contributed by atoms with Crippen LogP contribution in [0, 0.1) is 11.8 Å². The molecule has 106 valence electrons. The highest BCUT2D eigenvalue weighted by molar-refractivity contribution is 5.65. The van der Waals surface area contributed by atoms with Crippen LogP contribution in [-0.4, -0.2) is 24.8 Å². The van der Waals surface area contributed by atoms with E-state index in [0.717, 1.165) is 18.4 Å². The van der Waals surface area contributed by atoms with E-state index in [-0.39, 0.29) is 0 Å². The highest BCUT2D eigenvalue weighted by Gasteiger charge is 2.32. The van der Waals surface area contributed by atoms with Crippen molar-refractivity contribution < 1.29 is 0 Å². The van der Waals surface area contributed by atoms with Crippen LogP contribution in [0.3, 0.4) is 0 Å². The van der Waals surface area contributed by atoms with E-state index >= 15 is 0 Å². The van der Waals surface area contributed by atoms with E-state index in [1.54, 1.807) is 11.1 Å². The minimum absolute atomic E-state index is 0.543. The van der Waals surface area contributed by atoms with E-state index in [1.165, 1.54) is 44.9 Å². The molecule has 0 radical (unpaired) electrons. The maximum atomic E-state index is 4.76. The second-order valence-electron chi connectivity index (χ2n) is 6.94. The number of allylic oxidation sites excluding steroid dienone is 1. The first-order valence-electron chi connectivity index (χ1n) is 8.15. The Hall–Kier alpha value is -0.630. The summed E-state index contributed by atoms with van der Waals surface area (Å²) in [6, 6.07) is 1.21. The molecule has 2 aliphatic carbocycles. The molecule has 0 bridgehead atoms. The van der Waals surface area contributed by atoms with Crippen LogP contribution in [-0.2, 0) is 0 Å². The predicted molar refractivity (Wildman–Crippen MR) is 81.7 cm³/mol. The zero-order valence-corrected chi connectivity index (χ0v) is 12.5. The third-order valence-corrected chi connectivity index (χ3v) is 5.56. The Balaban J connectivity index is 1.70. The Kier molecular flexibility index (Phi) is 4.07. The summed E-state index contributed by atoms with van der Waals surface area (Å²) in [5, 5.41) is 3.96. The van der Waals surface area contributed by atoms with Crippen molar-refractivity contribution in [2.45, 2.75) is 70.9 Å². The summed E-state index contributed by atoms with van der Waals surface area (Å²) in [4.78, 5) is 4.76. The van der Waals surface area contributed by atoms with E-state index in [0.29, 0.717) is 12.1 Å². The van der Waals surface area contributed by atoms with Crippen molar-refractivity contribution in [2.24, 2.45) is 16.8 Å². The van der Waals surface area contributed by atoms with E-state index in [1.807, 2.05) is 0 Å². The second-order valence-corrected chi connectivity index (χ2v) is 6.94. The van der Waals surface area contributed by atoms with Crippen molar-refractivity contribution >= 4 is 6.21 Å². The summed E-state index contributed by atoms with van der Waals surface area (Å²) in [7, 11) is 0. The predicted octanol–water partition coefficient (Wildman–Crippen LogP) is 3.72. The van der Waals surface area contributed by atoms with Crippen LogP contribution in [0.25, 0.3) is 0 Å². The van der Waals surface area contributed by atoms with Gasteiger partial charge in [0, 0.05) is 24.8 Å². The Morgan fingerprint density at radius 2 is 1.74 bits per heavy atom. The molecule has 3 rings (SSSR count). The van der Waals surface area contributed by atoms with Crippen molar-refractivity contribution in [3.05, 3.63) is 11.1 Å². The van der Waals surface area contributed by atoms with Gasteiger partial charge in [-0.3, -0.25) is 4.99 Å². The summed E-state index contributed by atoms with van der Waals surface area (Å²) < 4.78 is 0. The first-order valence-corrected chi connectivity index (χ1v) is 8.15. The SMILES string of the molecule is CC1=C(C)C[C@H]2NC(C3CCCCC3)C=NCC2C1. The molecule has 0 aromatic carbocycles. The van der Waals surface area contributed by atoms with Gasteiger partial charge in [-0.05, 0) is 51.4 Å². The third-order valence-electron chi connectivity index (χ3n) is 5.56. The number of aliphatic imine (C=N–C) groups is 1. The van der Waals surface area contributed by atoms with Gasteiger partial charge in [-0.1, -0.05) is 30.4 Å². The van der Waals surface area contributed by atoms with Crippen molar-refractivity contribution in [2.75, 3.05) is 6.54 Å². The van der Waals surface area contributed by atoms with E-state index in [9.17, 15) is 0 Å². The van der Waals surface area contributed by atoms with Crippen LogP contribution in [0.1, 0.15) is 58.8 Å². The first kappa shape index (κ1) is 13.4. The lowest BCUT2D eigenvalue weighted by Gasteiger charge is -2.36. The van der Waals surface area contributed by atoms with Gasteiger partial charge < -0.3 is 5.32 Å². The van der Waals surface area contributed by atoms with Crippen molar-refractivity contribution in [3.63, 3.8) is 0 Å². The number of fused-ring (bicyclic) bond motifs is 1. The summed E-state index contributed by atoms with van der Waals surface area (Å²) in [6.45, 7) is 5.65. The number of hydrogen-bond acceptors (Lipinski definition) is 2. The van der Waals surface area contributed by atoms with Crippen molar-refractivity contribution in [1.82, 2.24) is 5.32 Å². The molecule has 19 heavy (non-hydrogen) atoms. The van der Waals surface area contributed by atoms with Crippen molar-refractivity contribution in [1.29, 1.82) is 0 Å². The van der Waals surface area contributed by atoms with Gasteiger partial charge in [0.1, 0.15) is 0 Å². The molecule has 0 spiro atoms. The molecule has 0 amide bonds. The van der Waals surface area contributed by atoms with Gasteiger partial charge in [0.2, 0.25) is 0 Å². The Morgan fingerprint density at radius 3 is 2.53 bits per heavy atom. The maximum absolute atomic E-state index is 4.76. The number of rotatable bonds is 1. The van der Waals surface area contributed by atoms with Crippen LogP contribution in [0.4, 0.5) is 0 Å². The molecule has 1 heterocycles. The molecule has 0 aromatic heterocycles. The zero-order chi connectivity index (χ0) is 13.2. The highest BCUT2D eigenvalue weighted by Crippen LogP contribution is 2.33. The molecule has 1 saturated carbocycles. The molecule has 0 saturated heterocycles. The second kappa shape index (κ2) is 5.78. The van der Waals surface area contributed by atoms with Crippen LogP contribution < -0.4 is 5.32 Å². The topological polar surface area (TPSA) is 24.4 Å². The summed E-state index contributed by atoms with van der Waals surface area (Å²) in [5.74, 6) is 1.57. The van der Waals surface area contributed by atoms with E-state index in [4.69, 9.17) is 4.99 Å². The average Bonchev–Trinajstić information content (AvgIpc) is 2.63. The van der Waals surface area contributed by atoms with E-state index < -0.39 is 0 Å². The zero-order valence-electron chi connectivity index (χ0n) is 12.5. The molecule has 1 fully saturated rings. The van der Waals surface area contributed by atoms with Crippen LogP contribution in [0.5, 0.6) is 0 Å². The lowest BCUT2D eigenvalue weighted by atomic mass is 9.79. The molecule has 2 heteroatoms. The minimum atomic E-state index is 0.543. The fourth-order valence-electron chi connectivity index (χ4n) is 4.12. The number of nitrogens with one attached hydrogen (secondary N) is 1. The smallest absolute Gasteiger partial charge is 0.0451 e. The van der Waals surface area contributed by atoms with Gasteiger partial charge >= 0.3 is 0 Å². The minimum Gasteiger partial charge on any atom is -0.305 e. The lowest BCUT2D eigenvalue weighted by Crippen LogP contribution is -2.47. The summed E-state index contributed by atoms with van der Waals surface area (Å²) in [6.07, 6.45) is 11.8. The normalized spacial score (nSPS) is 37.1. The third kappa shape index (κ3) is 2.94. The highest BCUT2D eigenvalue weighted by atomic mass is 15.0. The largest absolute Gasteiger partial charge is 0.305 e. The molecular formula is C17H28N2. The lowest BCUT2D eigenvalue weighted by molar-refractivity contribution is 0.265. The molecule has 1 N–H and O–H groups in total. The average molecular weight is 260 g/mol. The standard InChI is InChI=1S/C17H28N2/c1-12-8-15-10-18-11-17(14-6-4-3-5-7-14)19-16(15)9-13(12)2/h11,14-17,19H,3-10H2,1-2H3/t15?,16-,17?/m1/s1. The van der Waals surface area contributed by atoms with E-state index in [2.05, 4.69) is 25.4 Å². The fourth-order valence-corrected chi connectivity index (χ4v) is 4.12. The maximum Gasteiger partial charge on any atom is 0.0451 e. The molecule has 3 aliphatic rings. The number of nitrogens with zero attached hydrogens (tertiary/aromatic N) is 1. The molecule has 1 aliphatic heterocycles. The van der Waals surface area contributed by atoms with Crippen molar-refractivity contribution in [3.8, 4) is 0 Å². The summed E-state index contributed by atoms with van der Waals surface area (Å²) in [5.41, 5.74) is 3.22. The fraction of sp³-hybridized carbons (Fsp3) is 0.824. The molecule has 2 unspecified atom stereocenters. The molecule has 3 atom stereocenters. The van der Waals surface area contributed by atoms with Crippen LogP contribution >= 0.6 is 0 Å². The molecular weight excluding hydrogens is 232 g/mol. The summed E-state index contributed by atoms with van der Waals surface area (Å²) >= 11 is 0. The van der Waals surface area contributed by atoms with Crippen LogP contribution in [0.2, 0.25) is 0 Å². The Morgan fingerprint density at radius 1 is 1.00 bits per heavy atom. The van der Waals surface area contributed by atoms with Gasteiger partial charge in [-0.15, -0.1) is 0 Å². The van der Waals surface area contributed by atoms with Gasteiger partial charge in [-0.2, -0.15) is 0 Å².